The number of nitrogens with zero attached hydrogens (tertiary/aromatic N) is 1. The summed E-state index contributed by atoms with van der Waals surface area (Å²) in [6, 6.07) is 0. The van der Waals surface area contributed by atoms with Crippen LogP contribution in [0.5, 0.6) is 0 Å². The minimum atomic E-state index is -0.292. The molecule has 1 fully saturated rings. The van der Waals surface area contributed by atoms with E-state index in [1.54, 1.807) is 0 Å². The van der Waals surface area contributed by atoms with Gasteiger partial charge in [-0.2, -0.15) is 0 Å². The van der Waals surface area contributed by atoms with Gasteiger partial charge < -0.3 is 4.74 Å². The molecule has 0 radical (unpaired) electrons. The molecule has 1 unspecified atom stereocenters. The first-order valence-electron chi connectivity index (χ1n) is 5.60. The largest absolute Gasteiger partial charge is 0.361 e. The fourth-order valence-corrected chi connectivity index (χ4v) is 2.14. The summed E-state index contributed by atoms with van der Waals surface area (Å²) >= 11 is 6.35. The summed E-state index contributed by atoms with van der Waals surface area (Å²) in [5, 5.41) is 0. The maximum atomic E-state index is 6.35. The molecule has 2 nitrogen and oxygen atoms in total. The van der Waals surface area contributed by atoms with E-state index in [1.165, 1.54) is 12.8 Å². The first-order valence-corrected chi connectivity index (χ1v) is 5.98. The lowest BCUT2D eigenvalue weighted by atomic mass is 10.1. The van der Waals surface area contributed by atoms with Gasteiger partial charge in [-0.05, 0) is 33.1 Å². The van der Waals surface area contributed by atoms with Gasteiger partial charge in [0.2, 0.25) is 0 Å². The van der Waals surface area contributed by atoms with Crippen LogP contribution in [-0.2, 0) is 4.74 Å². The minimum absolute atomic E-state index is 0.0756. The first kappa shape index (κ1) is 12.3. The van der Waals surface area contributed by atoms with Gasteiger partial charge in [-0.25, -0.2) is 0 Å². The van der Waals surface area contributed by atoms with E-state index in [0.717, 1.165) is 26.1 Å². The second kappa shape index (κ2) is 5.34. The Kier molecular flexibility index (Phi) is 4.68. The number of hydrogen-bond acceptors (Lipinski definition) is 2. The Labute approximate surface area is 92.6 Å². The van der Waals surface area contributed by atoms with Crippen molar-refractivity contribution in [2.45, 2.75) is 51.1 Å². The van der Waals surface area contributed by atoms with Crippen molar-refractivity contribution in [3.63, 3.8) is 0 Å². The molecule has 1 aliphatic rings. The zero-order valence-corrected chi connectivity index (χ0v) is 10.3. The molecule has 0 aromatic rings. The van der Waals surface area contributed by atoms with Gasteiger partial charge in [0, 0.05) is 19.7 Å². The van der Waals surface area contributed by atoms with Gasteiger partial charge in [0.15, 0.2) is 0 Å². The molecule has 0 amide bonds. The average Bonchev–Trinajstić information content (AvgIpc) is 2.55. The van der Waals surface area contributed by atoms with Crippen molar-refractivity contribution < 1.29 is 4.74 Å². The van der Waals surface area contributed by atoms with Crippen LogP contribution in [0.1, 0.15) is 40.0 Å². The number of ether oxygens (including phenoxy) is 1. The lowest BCUT2D eigenvalue weighted by Gasteiger charge is -2.35. The Bertz CT molecular complexity index is 161. The van der Waals surface area contributed by atoms with Crippen LogP contribution in [0.4, 0.5) is 0 Å². The highest BCUT2D eigenvalue weighted by atomic mass is 35.5. The molecule has 0 saturated carbocycles. The van der Waals surface area contributed by atoms with Crippen LogP contribution >= 0.6 is 11.6 Å². The van der Waals surface area contributed by atoms with Gasteiger partial charge in [0.05, 0.1) is 4.87 Å². The molecular formula is C11H22ClNO. The topological polar surface area (TPSA) is 12.5 Å². The Hall–Kier alpha value is 0.210. The second-order valence-electron chi connectivity index (χ2n) is 4.53. The molecule has 0 aromatic carbocycles. The third-order valence-electron chi connectivity index (χ3n) is 2.54. The van der Waals surface area contributed by atoms with Crippen molar-refractivity contribution in [3.8, 4) is 0 Å². The van der Waals surface area contributed by atoms with E-state index >= 15 is 0 Å². The fraction of sp³-hybridized carbons (Fsp3) is 1.00. The van der Waals surface area contributed by atoms with Crippen molar-refractivity contribution in [3.05, 3.63) is 0 Å². The van der Waals surface area contributed by atoms with Crippen LogP contribution in [0.25, 0.3) is 0 Å². The fourth-order valence-electron chi connectivity index (χ4n) is 1.94. The van der Waals surface area contributed by atoms with Gasteiger partial charge in [0.1, 0.15) is 6.23 Å². The summed E-state index contributed by atoms with van der Waals surface area (Å²) < 4.78 is 5.83. The van der Waals surface area contributed by atoms with Gasteiger partial charge in [0.25, 0.3) is 0 Å². The van der Waals surface area contributed by atoms with E-state index in [9.17, 15) is 0 Å². The molecule has 84 valence electrons. The number of rotatable bonds is 5. The average molecular weight is 220 g/mol. The van der Waals surface area contributed by atoms with E-state index in [1.807, 2.05) is 13.8 Å². The van der Waals surface area contributed by atoms with E-state index in [0.29, 0.717) is 0 Å². The Balaban J connectivity index is 2.51. The van der Waals surface area contributed by atoms with Gasteiger partial charge >= 0.3 is 0 Å². The van der Waals surface area contributed by atoms with Crippen LogP contribution in [0.15, 0.2) is 0 Å². The Morgan fingerprint density at radius 3 is 2.36 bits per heavy atom. The van der Waals surface area contributed by atoms with E-state index in [-0.39, 0.29) is 11.1 Å². The predicted molar refractivity (Wildman–Crippen MR) is 60.8 cm³/mol. The van der Waals surface area contributed by atoms with Crippen molar-refractivity contribution in [2.24, 2.45) is 0 Å². The second-order valence-corrected chi connectivity index (χ2v) is 5.50. The highest BCUT2D eigenvalue weighted by Crippen LogP contribution is 2.27. The van der Waals surface area contributed by atoms with Crippen LogP contribution in [0.3, 0.4) is 0 Å². The molecule has 0 spiro atoms. The molecule has 14 heavy (non-hydrogen) atoms. The molecule has 0 N–H and O–H groups in total. The molecule has 3 heteroatoms. The SMILES string of the molecule is CCCOC(N1CCCC1)C(C)(C)Cl. The summed E-state index contributed by atoms with van der Waals surface area (Å²) in [6.07, 6.45) is 3.68. The first-order chi connectivity index (χ1) is 6.55. The Morgan fingerprint density at radius 2 is 1.93 bits per heavy atom. The van der Waals surface area contributed by atoms with E-state index < -0.39 is 0 Å². The lowest BCUT2D eigenvalue weighted by molar-refractivity contribution is -0.0678. The number of halogens is 1. The molecular weight excluding hydrogens is 198 g/mol. The minimum Gasteiger partial charge on any atom is -0.361 e. The van der Waals surface area contributed by atoms with Crippen molar-refractivity contribution in [1.82, 2.24) is 4.90 Å². The molecule has 1 rings (SSSR count). The normalized spacial score (nSPS) is 21.4. The summed E-state index contributed by atoms with van der Waals surface area (Å²) in [6.45, 7) is 9.26. The van der Waals surface area contributed by atoms with Crippen LogP contribution < -0.4 is 0 Å². The molecule has 1 aliphatic heterocycles. The molecule has 0 aromatic heterocycles. The molecule has 1 saturated heterocycles. The highest BCUT2D eigenvalue weighted by molar-refractivity contribution is 6.23. The molecule has 1 atom stereocenters. The maximum absolute atomic E-state index is 6.35. The quantitative estimate of drug-likeness (QED) is 0.660. The molecule has 0 bridgehead atoms. The Morgan fingerprint density at radius 1 is 1.36 bits per heavy atom. The highest BCUT2D eigenvalue weighted by Gasteiger charge is 2.34. The number of likely N-dealkylation sites (tertiary alicyclic amines) is 1. The standard InChI is InChI=1S/C11H22ClNO/c1-4-9-14-10(11(2,3)12)13-7-5-6-8-13/h10H,4-9H2,1-3H3. The van der Waals surface area contributed by atoms with Crippen molar-refractivity contribution >= 4 is 11.6 Å². The third kappa shape index (κ3) is 3.41. The summed E-state index contributed by atoms with van der Waals surface area (Å²) in [7, 11) is 0. The lowest BCUT2D eigenvalue weighted by Crippen LogP contribution is -2.47. The zero-order valence-electron chi connectivity index (χ0n) is 9.55. The number of alkyl halides is 1. The predicted octanol–water partition coefficient (Wildman–Crippen LogP) is 2.85. The smallest absolute Gasteiger partial charge is 0.129 e. The van der Waals surface area contributed by atoms with Crippen LogP contribution in [0, 0.1) is 0 Å². The molecule has 1 heterocycles. The third-order valence-corrected chi connectivity index (χ3v) is 2.73. The summed E-state index contributed by atoms with van der Waals surface area (Å²) in [5.41, 5.74) is 0. The van der Waals surface area contributed by atoms with Gasteiger partial charge in [-0.15, -0.1) is 11.6 Å². The monoisotopic (exact) mass is 219 g/mol. The zero-order chi connectivity index (χ0) is 10.6. The van der Waals surface area contributed by atoms with Crippen LogP contribution in [0.2, 0.25) is 0 Å². The van der Waals surface area contributed by atoms with E-state index in [4.69, 9.17) is 16.3 Å². The van der Waals surface area contributed by atoms with Crippen molar-refractivity contribution in [1.29, 1.82) is 0 Å². The molecule has 0 aliphatic carbocycles. The summed E-state index contributed by atoms with van der Waals surface area (Å²) in [4.78, 5) is 2.07. The van der Waals surface area contributed by atoms with Crippen molar-refractivity contribution in [2.75, 3.05) is 19.7 Å². The van der Waals surface area contributed by atoms with Gasteiger partial charge in [-0.1, -0.05) is 6.92 Å². The maximum Gasteiger partial charge on any atom is 0.129 e. The van der Waals surface area contributed by atoms with Crippen LogP contribution in [-0.4, -0.2) is 35.7 Å². The number of hydrogen-bond donors (Lipinski definition) is 0. The van der Waals surface area contributed by atoms with E-state index in [2.05, 4.69) is 11.8 Å². The summed E-state index contributed by atoms with van der Waals surface area (Å²) in [5.74, 6) is 0. The van der Waals surface area contributed by atoms with Gasteiger partial charge in [-0.3, -0.25) is 4.90 Å².